The molecule has 1 N–H and O–H groups in total. The number of nitrogens with one attached hydrogen (secondary N) is 1. The lowest BCUT2D eigenvalue weighted by Gasteiger charge is -2.07. The minimum Gasteiger partial charge on any atom is -0.384 e. The Hall–Kier alpha value is -1.22. The third-order valence-electron chi connectivity index (χ3n) is 2.08. The van der Waals surface area contributed by atoms with E-state index in [-0.39, 0.29) is 0 Å². The standard InChI is InChI=1S/C11H12N2S/c14-8-7-13-11-5-6-12-10-4-2-1-3-9(10)11/h1-6,14H,7-8H2,(H,12,13). The second-order valence-corrected chi connectivity index (χ2v) is 3.47. The number of fused-ring (bicyclic) bond motifs is 1. The van der Waals surface area contributed by atoms with Crippen molar-refractivity contribution in [1.29, 1.82) is 0 Å². The summed E-state index contributed by atoms with van der Waals surface area (Å²) in [6.07, 6.45) is 1.82. The van der Waals surface area contributed by atoms with Gasteiger partial charge in [0.1, 0.15) is 0 Å². The van der Waals surface area contributed by atoms with E-state index in [0.29, 0.717) is 0 Å². The molecule has 1 heterocycles. The summed E-state index contributed by atoms with van der Waals surface area (Å²) in [6, 6.07) is 10.1. The molecule has 0 saturated carbocycles. The van der Waals surface area contributed by atoms with Gasteiger partial charge in [-0.15, -0.1) is 0 Å². The molecule has 0 bridgehead atoms. The first kappa shape index (κ1) is 9.34. The zero-order chi connectivity index (χ0) is 9.80. The fourth-order valence-electron chi connectivity index (χ4n) is 1.44. The van der Waals surface area contributed by atoms with Crippen LogP contribution in [0.15, 0.2) is 36.5 Å². The van der Waals surface area contributed by atoms with Crippen LogP contribution in [0.3, 0.4) is 0 Å². The van der Waals surface area contributed by atoms with Crippen molar-refractivity contribution in [1.82, 2.24) is 4.98 Å². The molecule has 2 nitrogen and oxygen atoms in total. The van der Waals surface area contributed by atoms with Crippen LogP contribution in [-0.4, -0.2) is 17.3 Å². The minimum atomic E-state index is 0.830. The molecule has 1 aromatic carbocycles. The van der Waals surface area contributed by atoms with Crippen LogP contribution in [-0.2, 0) is 0 Å². The number of para-hydroxylation sites is 1. The molecule has 0 saturated heterocycles. The fraction of sp³-hybridized carbons (Fsp3) is 0.182. The van der Waals surface area contributed by atoms with Crippen molar-refractivity contribution in [3.05, 3.63) is 36.5 Å². The van der Waals surface area contributed by atoms with E-state index < -0.39 is 0 Å². The maximum atomic E-state index is 4.29. The molecule has 0 radical (unpaired) electrons. The van der Waals surface area contributed by atoms with Gasteiger partial charge >= 0.3 is 0 Å². The molecule has 1 aromatic heterocycles. The van der Waals surface area contributed by atoms with Gasteiger partial charge in [-0.1, -0.05) is 18.2 Å². The second kappa shape index (κ2) is 4.33. The lowest BCUT2D eigenvalue weighted by molar-refractivity contribution is 1.23. The average Bonchev–Trinajstić information content (AvgIpc) is 2.26. The van der Waals surface area contributed by atoms with E-state index in [0.717, 1.165) is 28.9 Å². The van der Waals surface area contributed by atoms with E-state index in [2.05, 4.69) is 29.0 Å². The summed E-state index contributed by atoms with van der Waals surface area (Å²) >= 11 is 4.17. The summed E-state index contributed by atoms with van der Waals surface area (Å²) in [4.78, 5) is 4.29. The number of nitrogens with zero attached hydrogens (tertiary/aromatic N) is 1. The SMILES string of the molecule is SCCNc1ccnc2ccccc12. The Bertz CT molecular complexity index is 423. The normalized spacial score (nSPS) is 10.4. The van der Waals surface area contributed by atoms with Crippen LogP contribution < -0.4 is 5.32 Å². The Labute approximate surface area is 88.8 Å². The second-order valence-electron chi connectivity index (χ2n) is 3.03. The highest BCUT2D eigenvalue weighted by atomic mass is 32.1. The molecule has 0 amide bonds. The minimum absolute atomic E-state index is 0.830. The quantitative estimate of drug-likeness (QED) is 0.751. The number of benzene rings is 1. The van der Waals surface area contributed by atoms with Crippen LogP contribution >= 0.6 is 12.6 Å². The van der Waals surface area contributed by atoms with Gasteiger partial charge in [0.15, 0.2) is 0 Å². The van der Waals surface area contributed by atoms with Crippen LogP contribution in [0.5, 0.6) is 0 Å². The van der Waals surface area contributed by atoms with Gasteiger partial charge in [-0.25, -0.2) is 0 Å². The number of anilines is 1. The number of hydrogen-bond acceptors (Lipinski definition) is 3. The van der Waals surface area contributed by atoms with Crippen molar-refractivity contribution in [3.8, 4) is 0 Å². The third kappa shape index (κ3) is 1.82. The molecule has 2 aromatic rings. The van der Waals surface area contributed by atoms with Gasteiger partial charge in [-0.05, 0) is 12.1 Å². The van der Waals surface area contributed by atoms with Crippen molar-refractivity contribution < 1.29 is 0 Å². The van der Waals surface area contributed by atoms with Gasteiger partial charge < -0.3 is 5.32 Å². The first-order valence-electron chi connectivity index (χ1n) is 4.60. The van der Waals surface area contributed by atoms with E-state index in [1.807, 2.05) is 30.5 Å². The molecule has 14 heavy (non-hydrogen) atoms. The van der Waals surface area contributed by atoms with Crippen molar-refractivity contribution >= 4 is 29.2 Å². The third-order valence-corrected chi connectivity index (χ3v) is 2.30. The summed E-state index contributed by atoms with van der Waals surface area (Å²) < 4.78 is 0. The van der Waals surface area contributed by atoms with Crippen LogP contribution in [0.4, 0.5) is 5.69 Å². The van der Waals surface area contributed by atoms with E-state index in [4.69, 9.17) is 0 Å². The van der Waals surface area contributed by atoms with Gasteiger partial charge in [-0.3, -0.25) is 4.98 Å². The predicted octanol–water partition coefficient (Wildman–Crippen LogP) is 2.58. The molecule has 72 valence electrons. The number of pyridine rings is 1. The average molecular weight is 204 g/mol. The number of thiol groups is 1. The number of hydrogen-bond donors (Lipinski definition) is 2. The first-order valence-corrected chi connectivity index (χ1v) is 5.23. The lowest BCUT2D eigenvalue weighted by atomic mass is 10.2. The molecular weight excluding hydrogens is 192 g/mol. The van der Waals surface area contributed by atoms with Crippen LogP contribution in [0, 0.1) is 0 Å². The van der Waals surface area contributed by atoms with E-state index in [1.165, 1.54) is 0 Å². The van der Waals surface area contributed by atoms with Crippen molar-refractivity contribution in [2.45, 2.75) is 0 Å². The molecule has 0 aliphatic rings. The maximum Gasteiger partial charge on any atom is 0.0722 e. The van der Waals surface area contributed by atoms with Crippen molar-refractivity contribution in [3.63, 3.8) is 0 Å². The summed E-state index contributed by atoms with van der Waals surface area (Å²) in [7, 11) is 0. The molecule has 3 heteroatoms. The fourth-order valence-corrected chi connectivity index (χ4v) is 1.55. The molecule has 0 spiro atoms. The number of rotatable bonds is 3. The number of aromatic nitrogens is 1. The van der Waals surface area contributed by atoms with Gasteiger partial charge in [0.2, 0.25) is 0 Å². The maximum absolute atomic E-state index is 4.29. The van der Waals surface area contributed by atoms with E-state index in [1.54, 1.807) is 0 Å². The van der Waals surface area contributed by atoms with Gasteiger partial charge in [0.25, 0.3) is 0 Å². The van der Waals surface area contributed by atoms with E-state index in [9.17, 15) is 0 Å². The zero-order valence-corrected chi connectivity index (χ0v) is 8.67. The Balaban J connectivity index is 2.43. The molecule has 0 aliphatic carbocycles. The summed E-state index contributed by atoms with van der Waals surface area (Å²) in [5.74, 6) is 0.830. The molecular formula is C11H12N2S. The Morgan fingerprint density at radius 3 is 2.93 bits per heavy atom. The molecule has 0 atom stereocenters. The first-order chi connectivity index (χ1) is 6.92. The Kier molecular flexibility index (Phi) is 2.89. The Morgan fingerprint density at radius 2 is 2.07 bits per heavy atom. The zero-order valence-electron chi connectivity index (χ0n) is 7.77. The molecule has 0 unspecified atom stereocenters. The summed E-state index contributed by atoms with van der Waals surface area (Å²) in [5, 5.41) is 4.48. The van der Waals surface area contributed by atoms with E-state index >= 15 is 0 Å². The van der Waals surface area contributed by atoms with Crippen LogP contribution in [0.1, 0.15) is 0 Å². The lowest BCUT2D eigenvalue weighted by Crippen LogP contribution is -2.02. The summed E-state index contributed by atoms with van der Waals surface area (Å²) in [5.41, 5.74) is 2.15. The van der Waals surface area contributed by atoms with Crippen LogP contribution in [0.25, 0.3) is 10.9 Å². The largest absolute Gasteiger partial charge is 0.384 e. The van der Waals surface area contributed by atoms with Crippen molar-refractivity contribution in [2.75, 3.05) is 17.6 Å². The van der Waals surface area contributed by atoms with Gasteiger partial charge in [0, 0.05) is 29.6 Å². The highest BCUT2D eigenvalue weighted by Crippen LogP contribution is 2.20. The molecule has 0 fully saturated rings. The van der Waals surface area contributed by atoms with Crippen LogP contribution in [0.2, 0.25) is 0 Å². The monoisotopic (exact) mass is 204 g/mol. The topological polar surface area (TPSA) is 24.9 Å². The Morgan fingerprint density at radius 1 is 1.21 bits per heavy atom. The highest BCUT2D eigenvalue weighted by molar-refractivity contribution is 7.80. The van der Waals surface area contributed by atoms with Crippen molar-refractivity contribution in [2.24, 2.45) is 0 Å². The highest BCUT2D eigenvalue weighted by Gasteiger charge is 1.98. The van der Waals surface area contributed by atoms with Gasteiger partial charge in [-0.2, -0.15) is 12.6 Å². The molecule has 0 aliphatic heterocycles. The predicted molar refractivity (Wildman–Crippen MR) is 64.1 cm³/mol. The molecule has 2 rings (SSSR count). The smallest absolute Gasteiger partial charge is 0.0722 e. The van der Waals surface area contributed by atoms with Gasteiger partial charge in [0.05, 0.1) is 5.52 Å². The summed E-state index contributed by atoms with van der Waals surface area (Å²) in [6.45, 7) is 0.872.